The number of esters is 1. The average Bonchev–Trinajstić information content (AvgIpc) is 3.02. The zero-order valence-electron chi connectivity index (χ0n) is 33.7. The van der Waals surface area contributed by atoms with Crippen LogP contribution in [-0.2, 0) is 9.53 Å². The van der Waals surface area contributed by atoms with Gasteiger partial charge in [-0.1, -0.05) is 151 Å². The molecule has 5 rings (SSSR count). The molecule has 0 N–H and O–H groups in total. The van der Waals surface area contributed by atoms with E-state index >= 15 is 0 Å². The van der Waals surface area contributed by atoms with Gasteiger partial charge < -0.3 is 4.74 Å². The summed E-state index contributed by atoms with van der Waals surface area (Å²) in [7, 11) is 0. The van der Waals surface area contributed by atoms with Gasteiger partial charge in [0.05, 0.1) is 0 Å². The molecule has 0 aromatic heterocycles. The van der Waals surface area contributed by atoms with Crippen LogP contribution in [0.2, 0.25) is 0 Å². The van der Waals surface area contributed by atoms with Gasteiger partial charge >= 0.3 is 5.97 Å². The molecule has 0 amide bonds. The van der Waals surface area contributed by atoms with Crippen molar-refractivity contribution in [2.24, 2.45) is 50.2 Å². The van der Waals surface area contributed by atoms with Crippen molar-refractivity contribution >= 4 is 5.97 Å². The highest BCUT2D eigenvalue weighted by Gasteiger charge is 2.68. The molecular formula is C46H80O2. The number of ether oxygens (including phenoxy) is 1. The van der Waals surface area contributed by atoms with Crippen LogP contribution in [-0.4, -0.2) is 12.1 Å². The first-order valence-electron chi connectivity index (χ1n) is 21.5. The zero-order valence-corrected chi connectivity index (χ0v) is 33.7. The second kappa shape index (κ2) is 15.1. The summed E-state index contributed by atoms with van der Waals surface area (Å²) in [5, 5.41) is 0. The van der Waals surface area contributed by atoms with Crippen molar-refractivity contribution in [2.45, 2.75) is 223 Å². The van der Waals surface area contributed by atoms with Crippen LogP contribution in [0.25, 0.3) is 0 Å². The Morgan fingerprint density at radius 2 is 1.27 bits per heavy atom. The Balaban J connectivity index is 1.12. The molecule has 2 heteroatoms. The minimum atomic E-state index is 0.0312. The van der Waals surface area contributed by atoms with Crippen molar-refractivity contribution in [3.8, 4) is 0 Å². The lowest BCUT2D eigenvalue weighted by Crippen LogP contribution is -2.64. The molecule has 5 aliphatic carbocycles. The van der Waals surface area contributed by atoms with Gasteiger partial charge in [0.25, 0.3) is 0 Å². The predicted octanol–water partition coefficient (Wildman–Crippen LogP) is 14.2. The number of carbonyl (C=O) groups excluding carboxylic acids is 1. The summed E-state index contributed by atoms with van der Waals surface area (Å²) in [5.41, 5.74) is 3.87. The fourth-order valence-corrected chi connectivity index (χ4v) is 13.2. The number of fused-ring (bicyclic) bond motifs is 7. The van der Waals surface area contributed by atoms with Crippen LogP contribution in [0.3, 0.4) is 0 Å². The van der Waals surface area contributed by atoms with Crippen LogP contribution in [0.5, 0.6) is 0 Å². The summed E-state index contributed by atoms with van der Waals surface area (Å²) < 4.78 is 6.41. The van der Waals surface area contributed by atoms with E-state index < -0.39 is 0 Å². The molecule has 0 saturated heterocycles. The second-order valence-electron chi connectivity index (χ2n) is 20.7. The Kier molecular flexibility index (Phi) is 12.1. The minimum absolute atomic E-state index is 0.0312. The molecule has 8 atom stereocenters. The Hall–Kier alpha value is -0.790. The third-order valence-corrected chi connectivity index (χ3v) is 16.8. The Labute approximate surface area is 299 Å². The summed E-state index contributed by atoms with van der Waals surface area (Å²) in [6.07, 6.45) is 34.0. The summed E-state index contributed by atoms with van der Waals surface area (Å²) >= 11 is 0. The maximum Gasteiger partial charge on any atom is 0.306 e. The molecule has 0 radical (unpaired) electrons. The molecular weight excluding hydrogens is 585 g/mol. The summed E-state index contributed by atoms with van der Waals surface area (Å²) in [6, 6.07) is 0. The Morgan fingerprint density at radius 1 is 0.688 bits per heavy atom. The number of hydrogen-bond donors (Lipinski definition) is 0. The van der Waals surface area contributed by atoms with E-state index in [4.69, 9.17) is 4.74 Å². The molecule has 0 bridgehead atoms. The fourth-order valence-electron chi connectivity index (χ4n) is 13.2. The van der Waals surface area contributed by atoms with Gasteiger partial charge in [0.1, 0.15) is 6.10 Å². The lowest BCUT2D eigenvalue weighted by Gasteiger charge is -2.71. The maximum atomic E-state index is 13.2. The van der Waals surface area contributed by atoms with Gasteiger partial charge in [-0.25, -0.2) is 0 Å². The van der Waals surface area contributed by atoms with E-state index in [9.17, 15) is 4.79 Å². The molecule has 0 spiro atoms. The molecule has 2 nitrogen and oxygen atoms in total. The lowest BCUT2D eigenvalue weighted by atomic mass is 9.33. The Morgan fingerprint density at radius 3 is 1.90 bits per heavy atom. The zero-order chi connectivity index (χ0) is 34.8. The van der Waals surface area contributed by atoms with E-state index in [-0.39, 0.29) is 17.5 Å². The Bertz CT molecular complexity index is 1120. The van der Waals surface area contributed by atoms with Crippen LogP contribution < -0.4 is 0 Å². The molecule has 48 heavy (non-hydrogen) atoms. The number of carbonyl (C=O) groups is 1. The number of allylic oxidation sites excluding steroid dienone is 2. The molecule has 0 aromatic carbocycles. The maximum absolute atomic E-state index is 13.2. The summed E-state index contributed by atoms with van der Waals surface area (Å²) in [6.45, 7) is 23.0. The van der Waals surface area contributed by atoms with Crippen LogP contribution in [0, 0.1) is 50.2 Å². The monoisotopic (exact) mass is 665 g/mol. The lowest BCUT2D eigenvalue weighted by molar-refractivity contribution is -0.212. The highest BCUT2D eigenvalue weighted by Crippen LogP contribution is 2.75. The molecule has 4 unspecified atom stereocenters. The number of rotatable bonds is 15. The topological polar surface area (TPSA) is 26.3 Å². The van der Waals surface area contributed by atoms with E-state index in [2.05, 4.69) is 68.4 Å². The van der Waals surface area contributed by atoms with Crippen molar-refractivity contribution in [1.82, 2.24) is 0 Å². The van der Waals surface area contributed by atoms with Gasteiger partial charge in [0.2, 0.25) is 0 Å². The summed E-state index contributed by atoms with van der Waals surface area (Å²) in [4.78, 5) is 13.2. The molecule has 4 saturated carbocycles. The average molecular weight is 665 g/mol. The van der Waals surface area contributed by atoms with Gasteiger partial charge in [-0.05, 0) is 115 Å². The molecule has 5 aliphatic rings. The van der Waals surface area contributed by atoms with Gasteiger partial charge in [0, 0.05) is 11.8 Å². The van der Waals surface area contributed by atoms with E-state index in [1.807, 2.05) is 5.57 Å². The standard InChI is InChI=1S/C46H80O2/c1-10-11-12-13-14-15-16-17-18-19-20-21-22-23-40(47)48-39-27-28-44(7)37(42(39,4)5)26-29-46(9)38(44)25-24-35-36-34-41(2,3)30-31-43(36,6)32-33-45(35,46)8/h24,36-39H,10-23,25-34H2,1-9H3/t36?,37?,38?,39-,43+,44-,45?,46+/m0/s1. The van der Waals surface area contributed by atoms with E-state index in [0.29, 0.717) is 39.4 Å². The van der Waals surface area contributed by atoms with Crippen molar-refractivity contribution in [2.75, 3.05) is 0 Å². The normalized spacial score (nSPS) is 39.7. The van der Waals surface area contributed by atoms with Crippen LogP contribution in [0.15, 0.2) is 11.6 Å². The van der Waals surface area contributed by atoms with Gasteiger partial charge in [-0.3, -0.25) is 4.79 Å². The molecule has 0 aliphatic heterocycles. The predicted molar refractivity (Wildman–Crippen MR) is 205 cm³/mol. The quantitative estimate of drug-likeness (QED) is 0.0989. The highest BCUT2D eigenvalue weighted by molar-refractivity contribution is 5.69. The highest BCUT2D eigenvalue weighted by atomic mass is 16.5. The fraction of sp³-hybridized carbons (Fsp3) is 0.935. The first-order chi connectivity index (χ1) is 22.6. The largest absolute Gasteiger partial charge is 0.462 e. The first kappa shape index (κ1) is 38.4. The van der Waals surface area contributed by atoms with E-state index in [0.717, 1.165) is 24.7 Å². The van der Waals surface area contributed by atoms with Crippen LogP contribution >= 0.6 is 0 Å². The summed E-state index contributed by atoms with van der Waals surface area (Å²) in [5.74, 6) is 2.18. The van der Waals surface area contributed by atoms with Crippen molar-refractivity contribution < 1.29 is 9.53 Å². The number of hydrogen-bond acceptors (Lipinski definition) is 2. The van der Waals surface area contributed by atoms with E-state index in [1.165, 1.54) is 135 Å². The molecule has 4 fully saturated rings. The van der Waals surface area contributed by atoms with E-state index in [1.54, 1.807) is 0 Å². The van der Waals surface area contributed by atoms with Crippen LogP contribution in [0.4, 0.5) is 0 Å². The first-order valence-corrected chi connectivity index (χ1v) is 21.5. The minimum Gasteiger partial charge on any atom is -0.462 e. The van der Waals surface area contributed by atoms with Crippen molar-refractivity contribution in [3.05, 3.63) is 11.6 Å². The molecule has 276 valence electrons. The van der Waals surface area contributed by atoms with Crippen molar-refractivity contribution in [3.63, 3.8) is 0 Å². The third-order valence-electron chi connectivity index (χ3n) is 16.8. The van der Waals surface area contributed by atoms with Gasteiger partial charge in [-0.2, -0.15) is 0 Å². The number of unbranched alkanes of at least 4 members (excludes halogenated alkanes) is 12. The smallest absolute Gasteiger partial charge is 0.306 e. The SMILES string of the molecule is CCCCCCCCCCCCCCCC(=O)O[C@H]1CC[C@@]2(C)C(CC[C@]3(C)C2CC=C2C4CC(C)(C)CC[C@]4(C)CCC23C)C1(C)C. The molecule has 0 aromatic rings. The van der Waals surface area contributed by atoms with Crippen molar-refractivity contribution in [1.29, 1.82) is 0 Å². The van der Waals surface area contributed by atoms with Crippen LogP contribution in [0.1, 0.15) is 216 Å². The third kappa shape index (κ3) is 7.41. The molecule has 0 heterocycles. The van der Waals surface area contributed by atoms with Gasteiger partial charge in [-0.15, -0.1) is 0 Å². The second-order valence-corrected chi connectivity index (χ2v) is 20.7. The van der Waals surface area contributed by atoms with Gasteiger partial charge in [0.15, 0.2) is 0 Å².